The average molecular weight is 422 g/mol. The lowest BCUT2D eigenvalue weighted by Gasteiger charge is -2.37. The third kappa shape index (κ3) is 2.47. The van der Waals surface area contributed by atoms with E-state index in [0.717, 1.165) is 47.4 Å². The molecule has 2 atom stereocenters. The minimum atomic E-state index is -0.894. The number of nitrogens with one attached hydrogen (secondary N) is 1. The SMILES string of the molecule is CCOC1C(=O)OCc2c1cc1n(c2=O)CC2=C1NC1C=C(F)C(C)=C3CCCC2=C31. The highest BCUT2D eigenvalue weighted by atomic mass is 19.1. The molecule has 0 aromatic carbocycles. The Labute approximate surface area is 178 Å². The van der Waals surface area contributed by atoms with Crippen molar-refractivity contribution < 1.29 is 18.7 Å². The molecule has 1 N–H and O–H groups in total. The maximum absolute atomic E-state index is 14.6. The van der Waals surface area contributed by atoms with E-state index in [-0.39, 0.29) is 24.0 Å². The zero-order valence-corrected chi connectivity index (χ0v) is 17.5. The largest absolute Gasteiger partial charge is 0.458 e. The molecule has 0 spiro atoms. The van der Waals surface area contributed by atoms with Crippen molar-refractivity contribution in [2.45, 2.75) is 58.4 Å². The van der Waals surface area contributed by atoms with Gasteiger partial charge in [-0.15, -0.1) is 0 Å². The second-order valence-corrected chi connectivity index (χ2v) is 8.64. The van der Waals surface area contributed by atoms with Crippen molar-refractivity contribution in [3.63, 3.8) is 0 Å². The minimum Gasteiger partial charge on any atom is -0.458 e. The minimum absolute atomic E-state index is 0.0362. The summed E-state index contributed by atoms with van der Waals surface area (Å²) in [5.41, 5.74) is 7.84. The Balaban J connectivity index is 1.54. The molecular formula is C24H23FN2O4. The van der Waals surface area contributed by atoms with Crippen molar-refractivity contribution in [2.24, 2.45) is 0 Å². The molecule has 0 saturated carbocycles. The third-order valence-corrected chi connectivity index (χ3v) is 7.10. The van der Waals surface area contributed by atoms with E-state index >= 15 is 0 Å². The van der Waals surface area contributed by atoms with Gasteiger partial charge in [0.2, 0.25) is 0 Å². The maximum atomic E-state index is 14.6. The highest BCUT2D eigenvalue weighted by molar-refractivity contribution is 5.82. The first-order valence-corrected chi connectivity index (χ1v) is 10.9. The van der Waals surface area contributed by atoms with Gasteiger partial charge in [0, 0.05) is 17.7 Å². The first-order valence-electron chi connectivity index (χ1n) is 10.9. The van der Waals surface area contributed by atoms with E-state index in [2.05, 4.69) is 5.32 Å². The lowest BCUT2D eigenvalue weighted by Crippen LogP contribution is -2.37. The monoisotopic (exact) mass is 422 g/mol. The maximum Gasteiger partial charge on any atom is 0.340 e. The zero-order chi connectivity index (χ0) is 21.4. The number of aromatic nitrogens is 1. The number of ether oxygens (including phenoxy) is 2. The number of allylic oxidation sites excluding steroid dienone is 4. The van der Waals surface area contributed by atoms with Crippen molar-refractivity contribution in [1.82, 2.24) is 9.88 Å². The van der Waals surface area contributed by atoms with Crippen LogP contribution >= 0.6 is 0 Å². The molecule has 7 heteroatoms. The molecule has 4 heterocycles. The molecule has 0 fully saturated rings. The van der Waals surface area contributed by atoms with Gasteiger partial charge in [-0.2, -0.15) is 0 Å². The molecule has 3 aliphatic heterocycles. The molecular weight excluding hydrogens is 399 g/mol. The summed E-state index contributed by atoms with van der Waals surface area (Å²) in [6.07, 6.45) is 3.52. The fourth-order valence-corrected chi connectivity index (χ4v) is 5.66. The Morgan fingerprint density at radius 2 is 2.06 bits per heavy atom. The highest BCUT2D eigenvalue weighted by Gasteiger charge is 2.41. The number of cyclic esters (lactones) is 1. The van der Waals surface area contributed by atoms with Crippen LogP contribution in [0.25, 0.3) is 5.70 Å². The molecule has 6 rings (SSSR count). The first-order chi connectivity index (χ1) is 15.0. The van der Waals surface area contributed by atoms with Gasteiger partial charge in [0.1, 0.15) is 12.4 Å². The van der Waals surface area contributed by atoms with Gasteiger partial charge in [-0.05, 0) is 67.5 Å². The summed E-state index contributed by atoms with van der Waals surface area (Å²) in [4.78, 5) is 25.7. The molecule has 1 aromatic heterocycles. The molecule has 0 amide bonds. The molecule has 0 saturated heterocycles. The first kappa shape index (κ1) is 18.8. The molecule has 31 heavy (non-hydrogen) atoms. The van der Waals surface area contributed by atoms with Gasteiger partial charge < -0.3 is 19.4 Å². The summed E-state index contributed by atoms with van der Waals surface area (Å²) in [7, 11) is 0. The van der Waals surface area contributed by atoms with Crippen molar-refractivity contribution in [3.05, 3.63) is 73.0 Å². The van der Waals surface area contributed by atoms with Crippen LogP contribution in [0, 0.1) is 0 Å². The summed E-state index contributed by atoms with van der Waals surface area (Å²) < 4.78 is 27.2. The summed E-state index contributed by atoms with van der Waals surface area (Å²) in [6, 6.07) is 1.64. The fourth-order valence-electron chi connectivity index (χ4n) is 5.66. The molecule has 2 unspecified atom stereocenters. The van der Waals surface area contributed by atoms with Crippen LogP contribution in [0.3, 0.4) is 0 Å². The van der Waals surface area contributed by atoms with Crippen LogP contribution in [0.5, 0.6) is 0 Å². The van der Waals surface area contributed by atoms with Crippen LogP contribution in [0.15, 0.2) is 50.6 Å². The number of carbonyl (C=O) groups excluding carboxylic acids is 1. The quantitative estimate of drug-likeness (QED) is 0.741. The summed E-state index contributed by atoms with van der Waals surface area (Å²) in [5.74, 6) is -0.649. The second kappa shape index (κ2) is 6.53. The Kier molecular flexibility index (Phi) is 3.96. The lowest BCUT2D eigenvalue weighted by molar-refractivity contribution is -0.161. The lowest BCUT2D eigenvalue weighted by atomic mass is 9.74. The van der Waals surface area contributed by atoms with Gasteiger partial charge in [0.25, 0.3) is 5.56 Å². The molecule has 2 aliphatic carbocycles. The number of halogens is 1. The van der Waals surface area contributed by atoms with E-state index < -0.39 is 12.1 Å². The van der Waals surface area contributed by atoms with E-state index in [1.165, 1.54) is 11.1 Å². The number of esters is 1. The Bertz CT molecular complexity index is 1250. The number of hydrogen-bond acceptors (Lipinski definition) is 5. The molecule has 5 aliphatic rings. The van der Waals surface area contributed by atoms with E-state index in [1.807, 2.05) is 13.0 Å². The topological polar surface area (TPSA) is 69.6 Å². The number of carbonyl (C=O) groups is 1. The van der Waals surface area contributed by atoms with E-state index in [4.69, 9.17) is 9.47 Å². The van der Waals surface area contributed by atoms with Gasteiger partial charge in [0.05, 0.1) is 29.5 Å². The summed E-state index contributed by atoms with van der Waals surface area (Å²) >= 11 is 0. The van der Waals surface area contributed by atoms with Crippen LogP contribution in [0.4, 0.5) is 4.39 Å². The van der Waals surface area contributed by atoms with Crippen LogP contribution < -0.4 is 10.9 Å². The van der Waals surface area contributed by atoms with E-state index in [1.54, 1.807) is 17.6 Å². The standard InChI is InChI=1S/C24H23FN2O4/c1-3-30-22-14-7-19-21-15(9-27(19)23(28)16(14)10-31-24(22)29)13-6-4-5-12-11(2)17(25)8-18(26-21)20(12)13/h7-8,18,22,26H,3-6,9-10H2,1-2H3. The predicted octanol–water partition coefficient (Wildman–Crippen LogP) is 3.34. The summed E-state index contributed by atoms with van der Waals surface area (Å²) in [6.45, 7) is 4.43. The number of hydrogen-bond donors (Lipinski definition) is 1. The van der Waals surface area contributed by atoms with Crippen molar-refractivity contribution in [2.75, 3.05) is 6.61 Å². The Morgan fingerprint density at radius 1 is 1.26 bits per heavy atom. The predicted molar refractivity (Wildman–Crippen MR) is 111 cm³/mol. The smallest absolute Gasteiger partial charge is 0.340 e. The molecule has 6 nitrogen and oxygen atoms in total. The van der Waals surface area contributed by atoms with Crippen LogP contribution in [0.1, 0.15) is 56.0 Å². The highest BCUT2D eigenvalue weighted by Crippen LogP contribution is 2.48. The number of dihydropyridines is 1. The van der Waals surface area contributed by atoms with Crippen molar-refractivity contribution in [1.29, 1.82) is 0 Å². The molecule has 0 bridgehead atoms. The number of rotatable bonds is 2. The second-order valence-electron chi connectivity index (χ2n) is 8.64. The zero-order valence-electron chi connectivity index (χ0n) is 17.5. The fraction of sp³-hybridized carbons (Fsp3) is 0.417. The number of nitrogens with zero attached hydrogens (tertiary/aromatic N) is 1. The van der Waals surface area contributed by atoms with E-state index in [9.17, 15) is 14.0 Å². The van der Waals surface area contributed by atoms with Gasteiger partial charge in [-0.3, -0.25) is 4.79 Å². The van der Waals surface area contributed by atoms with Crippen molar-refractivity contribution in [3.8, 4) is 0 Å². The molecule has 1 aromatic rings. The van der Waals surface area contributed by atoms with Gasteiger partial charge in [0.15, 0.2) is 6.10 Å². The van der Waals surface area contributed by atoms with Crippen LogP contribution in [-0.2, 0) is 27.4 Å². The Morgan fingerprint density at radius 3 is 2.87 bits per heavy atom. The van der Waals surface area contributed by atoms with Gasteiger partial charge in [-0.1, -0.05) is 0 Å². The van der Waals surface area contributed by atoms with Crippen LogP contribution in [0.2, 0.25) is 0 Å². The summed E-state index contributed by atoms with van der Waals surface area (Å²) in [5, 5.41) is 3.50. The van der Waals surface area contributed by atoms with Crippen LogP contribution in [-0.4, -0.2) is 23.2 Å². The average Bonchev–Trinajstić information content (AvgIpc) is 3.13. The normalized spacial score (nSPS) is 26.0. The van der Waals surface area contributed by atoms with Gasteiger partial charge in [-0.25, -0.2) is 9.18 Å². The Hall–Kier alpha value is -2.93. The third-order valence-electron chi connectivity index (χ3n) is 7.10. The molecule has 0 radical (unpaired) electrons. The van der Waals surface area contributed by atoms with Gasteiger partial charge >= 0.3 is 5.97 Å². The molecule has 160 valence electrons. The number of pyridine rings is 1. The van der Waals surface area contributed by atoms with Crippen molar-refractivity contribution >= 4 is 11.7 Å². The van der Waals surface area contributed by atoms with E-state index in [0.29, 0.717) is 24.3 Å². The number of fused-ring (bicyclic) bond motifs is 4.